The fraction of sp³-hybridized carbons (Fsp3) is 0.214. The van der Waals surface area contributed by atoms with Crippen molar-refractivity contribution in [2.75, 3.05) is 6.61 Å². The van der Waals surface area contributed by atoms with E-state index >= 15 is 0 Å². The number of carboxylic acid groups (broad SMARTS) is 1. The molecule has 0 aliphatic heterocycles. The first kappa shape index (κ1) is 11.5. The van der Waals surface area contributed by atoms with Gasteiger partial charge in [0.15, 0.2) is 0 Å². The van der Waals surface area contributed by atoms with Gasteiger partial charge >= 0.3 is 5.97 Å². The minimum absolute atomic E-state index is 0.0346. The van der Waals surface area contributed by atoms with Crippen LogP contribution in [0.4, 0.5) is 0 Å². The van der Waals surface area contributed by atoms with Crippen LogP contribution in [-0.4, -0.2) is 17.7 Å². The molecule has 2 aromatic rings. The van der Waals surface area contributed by atoms with Crippen LogP contribution < -0.4 is 4.74 Å². The van der Waals surface area contributed by atoms with Crippen molar-refractivity contribution in [2.45, 2.75) is 13.3 Å². The summed E-state index contributed by atoms with van der Waals surface area (Å²) in [6.45, 7) is 2.53. The predicted molar refractivity (Wildman–Crippen MR) is 66.5 cm³/mol. The Morgan fingerprint density at radius 2 is 1.88 bits per heavy atom. The van der Waals surface area contributed by atoms with Gasteiger partial charge in [0.1, 0.15) is 5.75 Å². The zero-order valence-corrected chi connectivity index (χ0v) is 9.64. The Morgan fingerprint density at radius 1 is 1.18 bits per heavy atom. The van der Waals surface area contributed by atoms with Crippen molar-refractivity contribution in [3.8, 4) is 5.75 Å². The van der Waals surface area contributed by atoms with Crippen LogP contribution in [0.2, 0.25) is 0 Å². The molecule has 0 fully saturated rings. The molecule has 0 aliphatic carbocycles. The van der Waals surface area contributed by atoms with E-state index in [1.165, 1.54) is 0 Å². The maximum absolute atomic E-state index is 10.8. The molecule has 0 aromatic heterocycles. The Bertz CT molecular complexity index is 546. The van der Waals surface area contributed by atoms with E-state index in [1.54, 1.807) is 0 Å². The quantitative estimate of drug-likeness (QED) is 0.878. The molecular weight excluding hydrogens is 216 g/mol. The van der Waals surface area contributed by atoms with E-state index in [0.29, 0.717) is 6.61 Å². The van der Waals surface area contributed by atoms with Gasteiger partial charge in [-0.3, -0.25) is 4.79 Å². The minimum Gasteiger partial charge on any atom is -0.493 e. The van der Waals surface area contributed by atoms with E-state index in [1.807, 2.05) is 43.3 Å². The first-order valence-electron chi connectivity index (χ1n) is 5.57. The summed E-state index contributed by atoms with van der Waals surface area (Å²) in [4.78, 5) is 10.8. The molecule has 0 spiro atoms. The van der Waals surface area contributed by atoms with E-state index in [4.69, 9.17) is 9.84 Å². The molecule has 3 heteroatoms. The summed E-state index contributed by atoms with van der Waals surface area (Å²) in [5, 5.41) is 10.8. The van der Waals surface area contributed by atoms with Gasteiger partial charge in [0.2, 0.25) is 0 Å². The lowest BCUT2D eigenvalue weighted by Crippen LogP contribution is -2.01. The van der Waals surface area contributed by atoms with Gasteiger partial charge in [-0.05, 0) is 23.9 Å². The Morgan fingerprint density at radius 3 is 2.53 bits per heavy atom. The van der Waals surface area contributed by atoms with Gasteiger partial charge in [-0.25, -0.2) is 0 Å². The molecule has 2 aromatic carbocycles. The van der Waals surface area contributed by atoms with Crippen LogP contribution in [-0.2, 0) is 11.2 Å². The van der Waals surface area contributed by atoms with E-state index in [9.17, 15) is 4.79 Å². The van der Waals surface area contributed by atoms with E-state index in [2.05, 4.69) is 0 Å². The van der Waals surface area contributed by atoms with Crippen LogP contribution in [0.15, 0.2) is 36.4 Å². The number of hydrogen-bond acceptors (Lipinski definition) is 2. The second-order valence-corrected chi connectivity index (χ2v) is 3.77. The van der Waals surface area contributed by atoms with Gasteiger partial charge in [-0.2, -0.15) is 0 Å². The second-order valence-electron chi connectivity index (χ2n) is 3.77. The third-order valence-electron chi connectivity index (χ3n) is 2.62. The summed E-state index contributed by atoms with van der Waals surface area (Å²) in [5.41, 5.74) is 0.816. The Hall–Kier alpha value is -2.03. The first-order chi connectivity index (χ1) is 8.22. The van der Waals surface area contributed by atoms with Crippen LogP contribution in [0, 0.1) is 0 Å². The largest absolute Gasteiger partial charge is 0.493 e. The van der Waals surface area contributed by atoms with Crippen LogP contribution in [0.5, 0.6) is 5.75 Å². The highest BCUT2D eigenvalue weighted by atomic mass is 16.5. The van der Waals surface area contributed by atoms with Gasteiger partial charge in [0.05, 0.1) is 13.0 Å². The number of hydrogen-bond donors (Lipinski definition) is 1. The smallest absolute Gasteiger partial charge is 0.307 e. The van der Waals surface area contributed by atoms with Crippen LogP contribution >= 0.6 is 0 Å². The summed E-state index contributed by atoms with van der Waals surface area (Å²) < 4.78 is 5.53. The monoisotopic (exact) mass is 230 g/mol. The van der Waals surface area contributed by atoms with E-state index < -0.39 is 5.97 Å². The zero-order valence-electron chi connectivity index (χ0n) is 9.64. The van der Waals surface area contributed by atoms with Crippen molar-refractivity contribution < 1.29 is 14.6 Å². The number of fused-ring (bicyclic) bond motifs is 1. The van der Waals surface area contributed by atoms with Gasteiger partial charge in [-0.1, -0.05) is 30.3 Å². The molecule has 0 atom stereocenters. The van der Waals surface area contributed by atoms with Crippen molar-refractivity contribution in [3.63, 3.8) is 0 Å². The maximum Gasteiger partial charge on any atom is 0.307 e. The lowest BCUT2D eigenvalue weighted by atomic mass is 10.0. The molecule has 0 radical (unpaired) electrons. The number of ether oxygens (including phenoxy) is 1. The number of carboxylic acids is 1. The SMILES string of the molecule is CCOc1ccc(CC(=O)O)c2ccccc12. The summed E-state index contributed by atoms with van der Waals surface area (Å²) in [6, 6.07) is 11.4. The standard InChI is InChI=1S/C14H14O3/c1-2-17-13-8-7-10(9-14(15)16)11-5-3-4-6-12(11)13/h3-8H,2,9H2,1H3,(H,15,16). The number of aliphatic carboxylic acids is 1. The van der Waals surface area contributed by atoms with E-state index in [0.717, 1.165) is 22.1 Å². The Balaban J connectivity index is 2.57. The fourth-order valence-electron chi connectivity index (χ4n) is 1.93. The van der Waals surface area contributed by atoms with E-state index in [-0.39, 0.29) is 6.42 Å². The molecular formula is C14H14O3. The van der Waals surface area contributed by atoms with Crippen LogP contribution in [0.1, 0.15) is 12.5 Å². The Labute approximate surface area is 99.6 Å². The van der Waals surface area contributed by atoms with Crippen molar-refractivity contribution in [1.82, 2.24) is 0 Å². The third kappa shape index (κ3) is 2.38. The molecule has 0 saturated carbocycles. The Kier molecular flexibility index (Phi) is 3.28. The van der Waals surface area contributed by atoms with Crippen LogP contribution in [0.3, 0.4) is 0 Å². The normalized spacial score (nSPS) is 10.4. The predicted octanol–water partition coefficient (Wildman–Crippen LogP) is 2.87. The zero-order chi connectivity index (χ0) is 12.3. The van der Waals surface area contributed by atoms with Crippen molar-refractivity contribution in [2.24, 2.45) is 0 Å². The average Bonchev–Trinajstić information content (AvgIpc) is 2.32. The molecule has 17 heavy (non-hydrogen) atoms. The molecule has 1 N–H and O–H groups in total. The molecule has 2 rings (SSSR count). The molecule has 0 aliphatic rings. The first-order valence-corrected chi connectivity index (χ1v) is 5.57. The van der Waals surface area contributed by atoms with Gasteiger partial charge in [0, 0.05) is 5.39 Å². The van der Waals surface area contributed by atoms with Crippen LogP contribution in [0.25, 0.3) is 10.8 Å². The fourth-order valence-corrected chi connectivity index (χ4v) is 1.93. The number of carbonyl (C=O) groups is 1. The van der Waals surface area contributed by atoms with Crippen molar-refractivity contribution in [3.05, 3.63) is 42.0 Å². The van der Waals surface area contributed by atoms with Gasteiger partial charge in [0.25, 0.3) is 0 Å². The highest BCUT2D eigenvalue weighted by Crippen LogP contribution is 2.28. The molecule has 0 heterocycles. The molecule has 3 nitrogen and oxygen atoms in total. The van der Waals surface area contributed by atoms with Crippen molar-refractivity contribution >= 4 is 16.7 Å². The highest BCUT2D eigenvalue weighted by molar-refractivity contribution is 5.93. The number of rotatable bonds is 4. The summed E-state index contributed by atoms with van der Waals surface area (Å²) in [6.07, 6.45) is 0.0346. The molecule has 88 valence electrons. The third-order valence-corrected chi connectivity index (χ3v) is 2.62. The lowest BCUT2D eigenvalue weighted by molar-refractivity contribution is -0.136. The van der Waals surface area contributed by atoms with Crippen molar-refractivity contribution in [1.29, 1.82) is 0 Å². The van der Waals surface area contributed by atoms with Gasteiger partial charge < -0.3 is 9.84 Å². The topological polar surface area (TPSA) is 46.5 Å². The van der Waals surface area contributed by atoms with Gasteiger partial charge in [-0.15, -0.1) is 0 Å². The highest BCUT2D eigenvalue weighted by Gasteiger charge is 2.08. The lowest BCUT2D eigenvalue weighted by Gasteiger charge is -2.10. The molecule has 0 unspecified atom stereocenters. The summed E-state index contributed by atoms with van der Waals surface area (Å²) >= 11 is 0. The summed E-state index contributed by atoms with van der Waals surface area (Å²) in [5.74, 6) is -0.0171. The average molecular weight is 230 g/mol. The maximum atomic E-state index is 10.8. The second kappa shape index (κ2) is 4.87. The summed E-state index contributed by atoms with van der Waals surface area (Å²) in [7, 11) is 0. The molecule has 0 bridgehead atoms. The minimum atomic E-state index is -0.820. The molecule has 0 saturated heterocycles. The number of benzene rings is 2. The molecule has 0 amide bonds.